The van der Waals surface area contributed by atoms with Crippen molar-refractivity contribution in [2.24, 2.45) is 0 Å². The number of amides is 2. The summed E-state index contributed by atoms with van der Waals surface area (Å²) in [6.07, 6.45) is 0.0620. The average Bonchev–Trinajstić information content (AvgIpc) is 2.80. The van der Waals surface area contributed by atoms with Crippen LogP contribution >= 0.6 is 0 Å². The zero-order valence-corrected chi connectivity index (χ0v) is 18.0. The number of hydroxylamine groups is 1. The van der Waals surface area contributed by atoms with Crippen molar-refractivity contribution >= 4 is 17.7 Å². The first-order chi connectivity index (χ1) is 15.5. The number of carbonyl (C=O) groups is 2. The summed E-state index contributed by atoms with van der Waals surface area (Å²) in [6, 6.07) is 14.0. The number of carbonyl (C=O) groups excluding carboxylic acids is 2. The molecule has 0 saturated carbocycles. The molecule has 32 heavy (non-hydrogen) atoms. The Kier molecular flexibility index (Phi) is 10.2. The van der Waals surface area contributed by atoms with Crippen LogP contribution in [0.3, 0.4) is 0 Å². The number of rotatable bonds is 11. The summed E-state index contributed by atoms with van der Waals surface area (Å²) in [5.74, 6) is -0.209. The molecule has 0 aliphatic rings. The lowest BCUT2D eigenvalue weighted by Crippen LogP contribution is -2.28. The van der Waals surface area contributed by atoms with Gasteiger partial charge in [-0.2, -0.15) is 0 Å². The zero-order chi connectivity index (χ0) is 23.3. The van der Waals surface area contributed by atoms with Crippen molar-refractivity contribution in [3.63, 3.8) is 0 Å². The largest absolute Gasteiger partial charge is 0.491 e. The third-order valence-corrected chi connectivity index (χ3v) is 4.31. The second-order valence-corrected chi connectivity index (χ2v) is 6.71. The number of hydrogen-bond acceptors (Lipinski definition) is 7. The maximum Gasteiger partial charge on any atom is 0.412 e. The lowest BCUT2D eigenvalue weighted by molar-refractivity contribution is -0.124. The van der Waals surface area contributed by atoms with E-state index in [1.807, 2.05) is 19.1 Å². The first-order valence-electron chi connectivity index (χ1n) is 10.1. The number of ether oxygens (including phenoxy) is 3. The van der Waals surface area contributed by atoms with Gasteiger partial charge in [0.1, 0.15) is 18.5 Å². The molecular formula is C23H28N2O7. The number of anilines is 1. The van der Waals surface area contributed by atoms with Crippen LogP contribution in [0, 0.1) is 6.92 Å². The summed E-state index contributed by atoms with van der Waals surface area (Å²) in [7, 11) is 0. The highest BCUT2D eigenvalue weighted by Crippen LogP contribution is 2.27. The van der Waals surface area contributed by atoms with E-state index in [1.54, 1.807) is 43.3 Å². The van der Waals surface area contributed by atoms with Crippen molar-refractivity contribution in [1.82, 2.24) is 5.48 Å². The first-order valence-corrected chi connectivity index (χ1v) is 10.1. The minimum atomic E-state index is -0.907. The minimum Gasteiger partial charge on any atom is -0.491 e. The molecule has 0 fully saturated rings. The van der Waals surface area contributed by atoms with E-state index in [0.29, 0.717) is 17.0 Å². The van der Waals surface area contributed by atoms with Gasteiger partial charge >= 0.3 is 6.09 Å². The quantitative estimate of drug-likeness (QED) is 0.238. The van der Waals surface area contributed by atoms with Crippen LogP contribution in [0.4, 0.5) is 10.5 Å². The Hall–Kier alpha value is -3.40. The minimum absolute atomic E-state index is 0.114. The third kappa shape index (κ3) is 8.03. The van der Waals surface area contributed by atoms with Crippen LogP contribution in [0.15, 0.2) is 60.7 Å². The summed E-state index contributed by atoms with van der Waals surface area (Å²) < 4.78 is 16.7. The van der Waals surface area contributed by atoms with E-state index in [2.05, 4.69) is 5.32 Å². The first kappa shape index (κ1) is 24.9. The smallest absolute Gasteiger partial charge is 0.412 e. The zero-order valence-electron chi connectivity index (χ0n) is 18.0. The van der Waals surface area contributed by atoms with Gasteiger partial charge < -0.3 is 19.3 Å². The fourth-order valence-corrected chi connectivity index (χ4v) is 2.80. The van der Waals surface area contributed by atoms with E-state index in [9.17, 15) is 9.59 Å². The molecular weight excluding hydrogens is 416 g/mol. The molecule has 172 valence electrons. The lowest BCUT2D eigenvalue weighted by atomic mass is 10.0. The summed E-state index contributed by atoms with van der Waals surface area (Å²) in [5, 5.41) is 20.3. The normalized spacial score (nSPS) is 12.8. The monoisotopic (exact) mass is 444 g/mol. The van der Waals surface area contributed by atoms with Gasteiger partial charge in [0, 0.05) is 18.4 Å². The molecule has 2 atom stereocenters. The Bertz CT molecular complexity index is 882. The molecule has 2 aromatic carbocycles. The molecule has 4 N–H and O–H groups in total. The van der Waals surface area contributed by atoms with Gasteiger partial charge in [-0.1, -0.05) is 29.8 Å². The fourth-order valence-electron chi connectivity index (χ4n) is 2.80. The highest BCUT2D eigenvalue weighted by Gasteiger charge is 2.26. The molecule has 0 bridgehead atoms. The third-order valence-electron chi connectivity index (χ3n) is 4.31. The van der Waals surface area contributed by atoms with Crippen LogP contribution in [-0.4, -0.2) is 48.2 Å². The average molecular weight is 444 g/mol. The predicted octanol–water partition coefficient (Wildman–Crippen LogP) is 3.12. The van der Waals surface area contributed by atoms with E-state index in [1.165, 1.54) is 11.6 Å². The SMILES string of the molecule is CCO[C@@H](/C=C/C(=O)NO)[C@@H](OC(=O)Nc1ccc(C)cc1)c1ccc(OCCO)cc1. The van der Waals surface area contributed by atoms with E-state index < -0.39 is 24.2 Å². The van der Waals surface area contributed by atoms with E-state index >= 15 is 0 Å². The van der Waals surface area contributed by atoms with Crippen molar-refractivity contribution in [2.75, 3.05) is 25.1 Å². The molecule has 2 amide bonds. The number of aliphatic hydroxyl groups excluding tert-OH is 1. The Morgan fingerprint density at radius 2 is 1.78 bits per heavy atom. The van der Waals surface area contributed by atoms with Gasteiger partial charge in [-0.25, -0.2) is 10.3 Å². The van der Waals surface area contributed by atoms with Crippen LogP contribution in [0.5, 0.6) is 5.75 Å². The van der Waals surface area contributed by atoms with Gasteiger partial charge in [0.25, 0.3) is 5.91 Å². The Morgan fingerprint density at radius 1 is 1.09 bits per heavy atom. The van der Waals surface area contributed by atoms with Crippen LogP contribution in [-0.2, 0) is 14.3 Å². The van der Waals surface area contributed by atoms with Gasteiger partial charge in [0.05, 0.1) is 6.61 Å². The van der Waals surface area contributed by atoms with Gasteiger partial charge in [-0.15, -0.1) is 0 Å². The molecule has 0 aliphatic heterocycles. The van der Waals surface area contributed by atoms with Crippen LogP contribution in [0.2, 0.25) is 0 Å². The van der Waals surface area contributed by atoms with Crippen LogP contribution in [0.1, 0.15) is 24.2 Å². The molecule has 9 heteroatoms. The Labute approximate surface area is 186 Å². The van der Waals surface area contributed by atoms with E-state index in [-0.39, 0.29) is 19.8 Å². The predicted molar refractivity (Wildman–Crippen MR) is 118 cm³/mol. The molecule has 0 radical (unpaired) electrons. The van der Waals surface area contributed by atoms with Crippen LogP contribution < -0.4 is 15.5 Å². The molecule has 0 unspecified atom stereocenters. The molecule has 2 rings (SSSR count). The van der Waals surface area contributed by atoms with Gasteiger partial charge in [0.15, 0.2) is 6.10 Å². The second-order valence-electron chi connectivity index (χ2n) is 6.71. The highest BCUT2D eigenvalue weighted by molar-refractivity contribution is 5.86. The number of nitrogens with one attached hydrogen (secondary N) is 2. The second kappa shape index (κ2) is 13.1. The van der Waals surface area contributed by atoms with Crippen molar-refractivity contribution in [1.29, 1.82) is 0 Å². The maximum absolute atomic E-state index is 12.6. The number of aryl methyl sites for hydroxylation is 1. The van der Waals surface area contributed by atoms with Crippen molar-refractivity contribution in [3.8, 4) is 5.75 Å². The summed E-state index contributed by atoms with van der Waals surface area (Å²) in [5.41, 5.74) is 3.71. The number of aliphatic hydroxyl groups is 1. The van der Waals surface area contributed by atoms with E-state index in [0.717, 1.165) is 11.6 Å². The van der Waals surface area contributed by atoms with Crippen molar-refractivity contribution in [3.05, 3.63) is 71.8 Å². The van der Waals surface area contributed by atoms with E-state index in [4.69, 9.17) is 24.5 Å². The molecule has 9 nitrogen and oxygen atoms in total. The standard InChI is InChI=1S/C23H28N2O7/c1-3-30-20(12-13-21(27)25-29)22(17-6-10-19(11-7-17)31-15-14-26)32-23(28)24-18-8-4-16(2)5-9-18/h4-13,20,22,26,29H,3,14-15H2,1-2H3,(H,24,28)(H,25,27)/b13-12+/t20-,22-/m0/s1. The van der Waals surface area contributed by atoms with Crippen molar-refractivity contribution < 1.29 is 34.1 Å². The van der Waals surface area contributed by atoms with Gasteiger partial charge in [0.2, 0.25) is 0 Å². The molecule has 0 saturated heterocycles. The molecule has 0 spiro atoms. The molecule has 0 aliphatic carbocycles. The fraction of sp³-hybridized carbons (Fsp3) is 0.304. The molecule has 0 aromatic heterocycles. The topological polar surface area (TPSA) is 126 Å². The van der Waals surface area contributed by atoms with Crippen molar-refractivity contribution in [2.45, 2.75) is 26.1 Å². The molecule has 0 heterocycles. The summed E-state index contributed by atoms with van der Waals surface area (Å²) in [4.78, 5) is 24.1. The molecule has 2 aromatic rings. The number of hydrogen-bond donors (Lipinski definition) is 4. The van der Waals surface area contributed by atoms with Gasteiger partial charge in [-0.05, 0) is 49.8 Å². The summed E-state index contributed by atoms with van der Waals surface area (Å²) >= 11 is 0. The lowest BCUT2D eigenvalue weighted by Gasteiger charge is -2.25. The number of benzene rings is 2. The van der Waals surface area contributed by atoms with Crippen LogP contribution in [0.25, 0.3) is 0 Å². The summed E-state index contributed by atoms with van der Waals surface area (Å²) in [6.45, 7) is 4.03. The highest BCUT2D eigenvalue weighted by atomic mass is 16.6. The van der Waals surface area contributed by atoms with Gasteiger partial charge in [-0.3, -0.25) is 15.3 Å². The Morgan fingerprint density at radius 3 is 2.38 bits per heavy atom. The maximum atomic E-state index is 12.6. The Balaban J connectivity index is 2.27.